The Hall–Kier alpha value is -1.26. The van der Waals surface area contributed by atoms with Crippen LogP contribution in [0.5, 0.6) is 11.5 Å². The van der Waals surface area contributed by atoms with Crippen molar-refractivity contribution in [1.29, 1.82) is 0 Å². The topological polar surface area (TPSA) is 41.9 Å². The molecule has 0 bridgehead atoms. The van der Waals surface area contributed by atoms with E-state index in [9.17, 15) is 5.11 Å². The molecule has 118 valence electrons. The van der Waals surface area contributed by atoms with Crippen LogP contribution in [0.15, 0.2) is 18.2 Å². The molecule has 1 heterocycles. The average Bonchev–Trinajstić information content (AvgIpc) is 2.48. The zero-order valence-electron chi connectivity index (χ0n) is 13.3. The molecular formula is C17H27NO3. The lowest BCUT2D eigenvalue weighted by atomic mass is 9.98. The first-order valence-corrected chi connectivity index (χ1v) is 7.79. The lowest BCUT2D eigenvalue weighted by Gasteiger charge is -2.32. The molecule has 2 rings (SSSR count). The van der Waals surface area contributed by atoms with Gasteiger partial charge in [0, 0.05) is 31.3 Å². The van der Waals surface area contributed by atoms with Crippen molar-refractivity contribution >= 4 is 0 Å². The summed E-state index contributed by atoms with van der Waals surface area (Å²) in [6.45, 7) is 7.27. The van der Waals surface area contributed by atoms with E-state index in [1.165, 1.54) is 5.56 Å². The maximum absolute atomic E-state index is 9.35. The molecule has 1 unspecified atom stereocenters. The Morgan fingerprint density at radius 3 is 2.86 bits per heavy atom. The molecule has 21 heavy (non-hydrogen) atoms. The van der Waals surface area contributed by atoms with Gasteiger partial charge in [0.25, 0.3) is 0 Å². The Morgan fingerprint density at radius 1 is 1.38 bits per heavy atom. The van der Waals surface area contributed by atoms with Gasteiger partial charge in [0.15, 0.2) is 0 Å². The highest BCUT2D eigenvalue weighted by molar-refractivity contribution is 5.41. The quantitative estimate of drug-likeness (QED) is 0.875. The SMILES string of the molecule is COc1ccc(CN2CCCC(CO)C2)c(OC(C)C)c1. The summed E-state index contributed by atoms with van der Waals surface area (Å²) in [6, 6.07) is 6.03. The van der Waals surface area contributed by atoms with Crippen molar-refractivity contribution in [2.45, 2.75) is 39.3 Å². The van der Waals surface area contributed by atoms with Gasteiger partial charge in [0.2, 0.25) is 0 Å². The van der Waals surface area contributed by atoms with Gasteiger partial charge in [-0.2, -0.15) is 0 Å². The first-order chi connectivity index (χ1) is 10.1. The lowest BCUT2D eigenvalue weighted by molar-refractivity contribution is 0.114. The fourth-order valence-corrected chi connectivity index (χ4v) is 2.84. The van der Waals surface area contributed by atoms with E-state index >= 15 is 0 Å². The van der Waals surface area contributed by atoms with E-state index < -0.39 is 0 Å². The molecule has 1 atom stereocenters. The molecule has 0 aromatic heterocycles. The number of hydrogen-bond donors (Lipinski definition) is 1. The number of aliphatic hydroxyl groups is 1. The Morgan fingerprint density at radius 2 is 2.19 bits per heavy atom. The highest BCUT2D eigenvalue weighted by atomic mass is 16.5. The van der Waals surface area contributed by atoms with Gasteiger partial charge in [-0.15, -0.1) is 0 Å². The number of hydrogen-bond acceptors (Lipinski definition) is 4. The molecule has 1 aromatic rings. The number of methoxy groups -OCH3 is 1. The zero-order valence-corrected chi connectivity index (χ0v) is 13.3. The van der Waals surface area contributed by atoms with Crippen LogP contribution in [0.3, 0.4) is 0 Å². The van der Waals surface area contributed by atoms with Crippen molar-refractivity contribution in [1.82, 2.24) is 4.90 Å². The number of rotatable bonds is 6. The first kappa shape index (κ1) is 16.1. The standard InChI is InChI=1S/C17H27NO3/c1-13(2)21-17-9-16(20-3)7-6-15(17)11-18-8-4-5-14(10-18)12-19/h6-7,9,13-14,19H,4-5,8,10-12H2,1-3H3. The molecule has 0 saturated carbocycles. The highest BCUT2D eigenvalue weighted by Crippen LogP contribution is 2.28. The zero-order chi connectivity index (χ0) is 15.2. The van der Waals surface area contributed by atoms with Crippen LogP contribution < -0.4 is 9.47 Å². The van der Waals surface area contributed by atoms with Gasteiger partial charge < -0.3 is 14.6 Å². The van der Waals surface area contributed by atoms with Gasteiger partial charge >= 0.3 is 0 Å². The summed E-state index contributed by atoms with van der Waals surface area (Å²) >= 11 is 0. The molecule has 1 aromatic carbocycles. The maximum Gasteiger partial charge on any atom is 0.127 e. The van der Waals surface area contributed by atoms with E-state index in [1.807, 2.05) is 26.0 Å². The van der Waals surface area contributed by atoms with Gasteiger partial charge in [-0.25, -0.2) is 0 Å². The van der Waals surface area contributed by atoms with Crippen LogP contribution in [-0.2, 0) is 6.54 Å². The Kier molecular flexibility index (Phi) is 5.88. The summed E-state index contributed by atoms with van der Waals surface area (Å²) in [6.07, 6.45) is 2.43. The number of ether oxygens (including phenoxy) is 2. The molecule has 1 aliphatic heterocycles. The number of piperidine rings is 1. The molecule has 4 nitrogen and oxygen atoms in total. The summed E-state index contributed by atoms with van der Waals surface area (Å²) in [5.74, 6) is 2.13. The normalized spacial score (nSPS) is 19.8. The number of nitrogens with zero attached hydrogens (tertiary/aromatic N) is 1. The third-order valence-corrected chi connectivity index (χ3v) is 3.89. The van der Waals surface area contributed by atoms with Crippen molar-refractivity contribution in [3.8, 4) is 11.5 Å². The Labute approximate surface area is 127 Å². The molecule has 0 spiro atoms. The number of likely N-dealkylation sites (tertiary alicyclic amines) is 1. The molecule has 1 aliphatic rings. The van der Waals surface area contributed by atoms with Crippen LogP contribution in [0.25, 0.3) is 0 Å². The van der Waals surface area contributed by atoms with Crippen LogP contribution in [0.4, 0.5) is 0 Å². The predicted octanol–water partition coefficient (Wildman–Crippen LogP) is 2.69. The van der Waals surface area contributed by atoms with E-state index in [0.29, 0.717) is 5.92 Å². The van der Waals surface area contributed by atoms with E-state index in [0.717, 1.165) is 44.0 Å². The van der Waals surface area contributed by atoms with Gasteiger partial charge in [-0.05, 0) is 45.2 Å². The predicted molar refractivity (Wildman–Crippen MR) is 83.8 cm³/mol. The fraction of sp³-hybridized carbons (Fsp3) is 0.647. The van der Waals surface area contributed by atoms with Crippen LogP contribution in [0.1, 0.15) is 32.3 Å². The third-order valence-electron chi connectivity index (χ3n) is 3.89. The van der Waals surface area contributed by atoms with Gasteiger partial charge in [-0.3, -0.25) is 4.90 Å². The van der Waals surface area contributed by atoms with Crippen LogP contribution in [-0.4, -0.2) is 42.9 Å². The molecular weight excluding hydrogens is 266 g/mol. The largest absolute Gasteiger partial charge is 0.497 e. The van der Waals surface area contributed by atoms with Crippen LogP contribution >= 0.6 is 0 Å². The molecule has 1 saturated heterocycles. The molecule has 1 N–H and O–H groups in total. The van der Waals surface area contributed by atoms with E-state index in [-0.39, 0.29) is 12.7 Å². The Balaban J connectivity index is 2.10. The number of benzene rings is 1. The van der Waals surface area contributed by atoms with Crippen molar-refractivity contribution in [2.24, 2.45) is 5.92 Å². The molecule has 4 heteroatoms. The summed E-state index contributed by atoms with van der Waals surface area (Å²) in [4.78, 5) is 2.40. The summed E-state index contributed by atoms with van der Waals surface area (Å²) in [5.41, 5.74) is 1.18. The molecule has 0 aliphatic carbocycles. The minimum Gasteiger partial charge on any atom is -0.497 e. The fourth-order valence-electron chi connectivity index (χ4n) is 2.84. The second-order valence-corrected chi connectivity index (χ2v) is 6.07. The third kappa shape index (κ3) is 4.61. The lowest BCUT2D eigenvalue weighted by Crippen LogP contribution is -2.36. The van der Waals surface area contributed by atoms with E-state index in [2.05, 4.69) is 11.0 Å². The molecule has 0 amide bonds. The molecule has 0 radical (unpaired) electrons. The number of aliphatic hydroxyl groups excluding tert-OH is 1. The smallest absolute Gasteiger partial charge is 0.127 e. The Bertz CT molecular complexity index is 448. The van der Waals surface area contributed by atoms with Crippen molar-refractivity contribution in [3.05, 3.63) is 23.8 Å². The van der Waals surface area contributed by atoms with E-state index in [1.54, 1.807) is 7.11 Å². The summed E-state index contributed by atoms with van der Waals surface area (Å²) < 4.78 is 11.2. The van der Waals surface area contributed by atoms with E-state index in [4.69, 9.17) is 9.47 Å². The second kappa shape index (κ2) is 7.66. The minimum atomic E-state index is 0.141. The summed E-state index contributed by atoms with van der Waals surface area (Å²) in [5, 5.41) is 9.35. The minimum absolute atomic E-state index is 0.141. The van der Waals surface area contributed by atoms with Crippen molar-refractivity contribution in [3.63, 3.8) is 0 Å². The monoisotopic (exact) mass is 293 g/mol. The van der Waals surface area contributed by atoms with Gasteiger partial charge in [-0.1, -0.05) is 6.07 Å². The van der Waals surface area contributed by atoms with Crippen molar-refractivity contribution in [2.75, 3.05) is 26.8 Å². The van der Waals surface area contributed by atoms with Crippen LogP contribution in [0.2, 0.25) is 0 Å². The van der Waals surface area contributed by atoms with Crippen LogP contribution in [0, 0.1) is 5.92 Å². The molecule has 1 fully saturated rings. The first-order valence-electron chi connectivity index (χ1n) is 7.79. The second-order valence-electron chi connectivity index (χ2n) is 6.07. The maximum atomic E-state index is 9.35. The van der Waals surface area contributed by atoms with Gasteiger partial charge in [0.1, 0.15) is 11.5 Å². The van der Waals surface area contributed by atoms with Gasteiger partial charge in [0.05, 0.1) is 13.2 Å². The summed E-state index contributed by atoms with van der Waals surface area (Å²) in [7, 11) is 1.67. The van der Waals surface area contributed by atoms with Crippen molar-refractivity contribution < 1.29 is 14.6 Å². The highest BCUT2D eigenvalue weighted by Gasteiger charge is 2.20. The average molecular weight is 293 g/mol.